The second-order valence-electron chi connectivity index (χ2n) is 5.21. The molecule has 0 amide bonds. The van der Waals surface area contributed by atoms with Crippen molar-refractivity contribution in [2.75, 3.05) is 10.8 Å². The van der Waals surface area contributed by atoms with Gasteiger partial charge in [0.15, 0.2) is 0 Å². The Labute approximate surface area is 135 Å². The molecule has 0 unspecified atom stereocenters. The van der Waals surface area contributed by atoms with E-state index < -0.39 is 14.9 Å². The zero-order chi connectivity index (χ0) is 17.2. The molecule has 0 atom stereocenters. The summed E-state index contributed by atoms with van der Waals surface area (Å²) in [7, 11) is -3.87. The fourth-order valence-electron chi connectivity index (χ4n) is 2.34. The van der Waals surface area contributed by atoms with E-state index in [0.29, 0.717) is 5.69 Å². The van der Waals surface area contributed by atoms with Crippen LogP contribution in [0.25, 0.3) is 0 Å². The number of hydrogen-bond acceptors (Lipinski definition) is 4. The van der Waals surface area contributed by atoms with Gasteiger partial charge in [-0.2, -0.15) is 0 Å². The first-order chi connectivity index (χ1) is 10.8. The van der Waals surface area contributed by atoms with Crippen LogP contribution in [-0.2, 0) is 10.0 Å². The zero-order valence-corrected chi connectivity index (χ0v) is 14.0. The molecule has 0 spiro atoms. The molecule has 0 fully saturated rings. The summed E-state index contributed by atoms with van der Waals surface area (Å²) in [5, 5.41) is 10.9. The van der Waals surface area contributed by atoms with Gasteiger partial charge in [-0.3, -0.25) is 14.4 Å². The molecule has 0 radical (unpaired) electrons. The normalized spacial score (nSPS) is 11.3. The van der Waals surface area contributed by atoms with Crippen molar-refractivity contribution in [3.05, 3.63) is 63.7 Å². The second kappa shape index (κ2) is 6.37. The number of aryl methyl sites for hydroxylation is 2. The van der Waals surface area contributed by atoms with Crippen LogP contribution in [0.5, 0.6) is 0 Å². The largest absolute Gasteiger partial charge is 0.270 e. The van der Waals surface area contributed by atoms with Crippen LogP contribution in [0.4, 0.5) is 11.4 Å². The number of nitrogens with zero attached hydrogens (tertiary/aromatic N) is 2. The van der Waals surface area contributed by atoms with Crippen LogP contribution >= 0.6 is 0 Å². The Bertz CT molecular complexity index is 847. The molecule has 0 aromatic heterocycles. The highest BCUT2D eigenvalue weighted by Gasteiger charge is 2.26. The van der Waals surface area contributed by atoms with Gasteiger partial charge in [-0.05, 0) is 44.0 Å². The Morgan fingerprint density at radius 3 is 2.43 bits per heavy atom. The van der Waals surface area contributed by atoms with Gasteiger partial charge in [0.25, 0.3) is 15.7 Å². The number of anilines is 1. The van der Waals surface area contributed by atoms with E-state index in [2.05, 4.69) is 0 Å². The third-order valence-electron chi connectivity index (χ3n) is 3.54. The molecular weight excluding hydrogens is 316 g/mol. The van der Waals surface area contributed by atoms with Crippen molar-refractivity contribution in [1.29, 1.82) is 0 Å². The zero-order valence-electron chi connectivity index (χ0n) is 13.2. The maximum absolute atomic E-state index is 12.9. The van der Waals surface area contributed by atoms with E-state index in [1.807, 2.05) is 26.0 Å². The van der Waals surface area contributed by atoms with Crippen LogP contribution in [0, 0.1) is 24.0 Å². The van der Waals surface area contributed by atoms with E-state index in [1.165, 1.54) is 22.5 Å². The van der Waals surface area contributed by atoms with Crippen LogP contribution in [0.1, 0.15) is 18.1 Å². The molecule has 0 aliphatic heterocycles. The minimum absolute atomic E-state index is 0.0885. The van der Waals surface area contributed by atoms with Gasteiger partial charge in [0, 0.05) is 18.7 Å². The molecule has 23 heavy (non-hydrogen) atoms. The topological polar surface area (TPSA) is 80.5 Å². The molecular formula is C16H18N2O4S. The van der Waals surface area contributed by atoms with E-state index in [1.54, 1.807) is 13.0 Å². The molecule has 0 saturated carbocycles. The van der Waals surface area contributed by atoms with E-state index in [-0.39, 0.29) is 17.1 Å². The van der Waals surface area contributed by atoms with Gasteiger partial charge in [-0.1, -0.05) is 18.2 Å². The summed E-state index contributed by atoms with van der Waals surface area (Å²) in [6, 6.07) is 10.7. The summed E-state index contributed by atoms with van der Waals surface area (Å²) >= 11 is 0. The van der Waals surface area contributed by atoms with Crippen molar-refractivity contribution in [1.82, 2.24) is 0 Å². The highest BCUT2D eigenvalue weighted by atomic mass is 32.2. The lowest BCUT2D eigenvalue weighted by atomic mass is 10.1. The van der Waals surface area contributed by atoms with Crippen molar-refractivity contribution in [3.63, 3.8) is 0 Å². The number of hydrogen-bond donors (Lipinski definition) is 0. The third kappa shape index (κ3) is 3.34. The number of non-ortho nitro benzene ring substituents is 1. The van der Waals surface area contributed by atoms with Gasteiger partial charge >= 0.3 is 0 Å². The third-order valence-corrected chi connectivity index (χ3v) is 5.42. The molecule has 0 N–H and O–H groups in total. The Kier molecular flexibility index (Phi) is 4.70. The maximum atomic E-state index is 12.9. The molecule has 0 aliphatic carbocycles. The molecule has 2 rings (SSSR count). The minimum Gasteiger partial charge on any atom is -0.266 e. The van der Waals surface area contributed by atoms with Gasteiger partial charge in [-0.25, -0.2) is 8.42 Å². The van der Waals surface area contributed by atoms with Gasteiger partial charge in [0.2, 0.25) is 0 Å². The highest BCUT2D eigenvalue weighted by Crippen LogP contribution is 2.28. The Morgan fingerprint density at radius 1 is 1.13 bits per heavy atom. The van der Waals surface area contributed by atoms with Crippen molar-refractivity contribution < 1.29 is 13.3 Å². The van der Waals surface area contributed by atoms with Gasteiger partial charge in [0.1, 0.15) is 0 Å². The van der Waals surface area contributed by atoms with Crippen LogP contribution in [0.2, 0.25) is 0 Å². The number of nitro groups is 1. The lowest BCUT2D eigenvalue weighted by Gasteiger charge is -2.25. The summed E-state index contributed by atoms with van der Waals surface area (Å²) in [4.78, 5) is 10.2. The fourth-order valence-corrected chi connectivity index (χ4v) is 3.91. The molecule has 2 aromatic rings. The summed E-state index contributed by atoms with van der Waals surface area (Å²) in [5.41, 5.74) is 2.10. The first-order valence-corrected chi connectivity index (χ1v) is 8.56. The molecule has 0 heterocycles. The maximum Gasteiger partial charge on any atom is 0.270 e. The lowest BCUT2D eigenvalue weighted by molar-refractivity contribution is -0.385. The second-order valence-corrected chi connectivity index (χ2v) is 7.08. The predicted molar refractivity (Wildman–Crippen MR) is 89.2 cm³/mol. The first-order valence-electron chi connectivity index (χ1n) is 7.12. The van der Waals surface area contributed by atoms with Gasteiger partial charge in [-0.15, -0.1) is 0 Å². The average Bonchev–Trinajstić information content (AvgIpc) is 2.51. The van der Waals surface area contributed by atoms with E-state index in [9.17, 15) is 18.5 Å². The quantitative estimate of drug-likeness (QED) is 0.620. The molecule has 0 bridgehead atoms. The van der Waals surface area contributed by atoms with E-state index >= 15 is 0 Å². The van der Waals surface area contributed by atoms with Crippen LogP contribution in [0.15, 0.2) is 47.4 Å². The predicted octanol–water partition coefficient (Wildman–Crippen LogP) is 3.43. The molecule has 7 heteroatoms. The van der Waals surface area contributed by atoms with Crippen LogP contribution < -0.4 is 4.31 Å². The SMILES string of the molecule is CCN(c1cc(C)ccc1C)S(=O)(=O)c1cccc([N+](=O)[O-])c1. The van der Waals surface area contributed by atoms with E-state index in [0.717, 1.165) is 17.2 Å². The smallest absolute Gasteiger partial charge is 0.266 e. The van der Waals surface area contributed by atoms with Crippen molar-refractivity contribution in [3.8, 4) is 0 Å². The summed E-state index contributed by atoms with van der Waals surface area (Å²) in [5.74, 6) is 0. The first kappa shape index (κ1) is 17.0. The summed E-state index contributed by atoms with van der Waals surface area (Å²) < 4.78 is 27.1. The van der Waals surface area contributed by atoms with Gasteiger partial charge < -0.3 is 0 Å². The summed E-state index contributed by atoms with van der Waals surface area (Å²) in [6.07, 6.45) is 0. The lowest BCUT2D eigenvalue weighted by Crippen LogP contribution is -2.31. The average molecular weight is 334 g/mol. The number of benzene rings is 2. The van der Waals surface area contributed by atoms with Crippen molar-refractivity contribution in [2.45, 2.75) is 25.7 Å². The fraction of sp³-hybridized carbons (Fsp3) is 0.250. The van der Waals surface area contributed by atoms with Crippen molar-refractivity contribution >= 4 is 21.4 Å². The summed E-state index contributed by atoms with van der Waals surface area (Å²) in [6.45, 7) is 5.68. The Balaban J connectivity index is 2.58. The standard InChI is InChI=1S/C16H18N2O4S/c1-4-17(16-10-12(2)8-9-13(16)3)23(21,22)15-7-5-6-14(11-15)18(19)20/h5-11H,4H2,1-3H3. The minimum atomic E-state index is -3.87. The monoisotopic (exact) mass is 334 g/mol. The Morgan fingerprint density at radius 2 is 1.83 bits per heavy atom. The number of sulfonamides is 1. The van der Waals surface area contributed by atoms with Crippen molar-refractivity contribution in [2.24, 2.45) is 0 Å². The highest BCUT2D eigenvalue weighted by molar-refractivity contribution is 7.92. The Hall–Kier alpha value is -2.41. The van der Waals surface area contributed by atoms with Crippen LogP contribution in [0.3, 0.4) is 0 Å². The van der Waals surface area contributed by atoms with E-state index in [4.69, 9.17) is 0 Å². The van der Waals surface area contributed by atoms with Gasteiger partial charge in [0.05, 0.1) is 15.5 Å². The molecule has 122 valence electrons. The molecule has 0 saturated heterocycles. The molecule has 6 nitrogen and oxygen atoms in total. The molecule has 2 aromatic carbocycles. The number of nitro benzene ring substituents is 1. The number of rotatable bonds is 5. The molecule has 0 aliphatic rings. The van der Waals surface area contributed by atoms with Crippen LogP contribution in [-0.4, -0.2) is 19.9 Å².